The number of sulfonamides is 1. The van der Waals surface area contributed by atoms with Crippen LogP contribution in [0.15, 0.2) is 29.6 Å². The third kappa shape index (κ3) is 2.68. The molecule has 2 aliphatic carbocycles. The number of carbonyl (C=O) groups excluding carboxylic acids is 1. The Bertz CT molecular complexity index is 950. The number of piperidine rings is 1. The van der Waals surface area contributed by atoms with Crippen molar-refractivity contribution in [3.63, 3.8) is 0 Å². The van der Waals surface area contributed by atoms with Crippen LogP contribution < -0.4 is 5.32 Å². The molecule has 5 nitrogen and oxygen atoms in total. The molecule has 1 unspecified atom stereocenters. The van der Waals surface area contributed by atoms with Crippen molar-refractivity contribution in [2.45, 2.75) is 37.0 Å². The molecule has 7 heteroatoms. The van der Waals surface area contributed by atoms with Crippen molar-refractivity contribution in [3.8, 4) is 0 Å². The molecule has 1 amide bonds. The minimum atomic E-state index is -3.12. The van der Waals surface area contributed by atoms with E-state index in [1.807, 2.05) is 29.6 Å². The van der Waals surface area contributed by atoms with Crippen molar-refractivity contribution in [3.05, 3.63) is 35.2 Å². The summed E-state index contributed by atoms with van der Waals surface area (Å²) in [6, 6.07) is 8.04. The first-order valence-electron chi connectivity index (χ1n) is 9.30. The molecule has 0 spiro atoms. The number of amides is 1. The van der Waals surface area contributed by atoms with Gasteiger partial charge in [0.25, 0.3) is 5.91 Å². The largest absolute Gasteiger partial charge is 0.349 e. The molecular formula is C19H22N2O3S2. The van der Waals surface area contributed by atoms with Gasteiger partial charge in [-0.05, 0) is 43.6 Å². The smallest absolute Gasteiger partial charge is 0.252 e. The maximum atomic E-state index is 12.9. The van der Waals surface area contributed by atoms with Gasteiger partial charge in [-0.1, -0.05) is 18.2 Å². The first-order valence-corrected chi connectivity index (χ1v) is 11.7. The number of hydrogen-bond acceptors (Lipinski definition) is 4. The molecule has 2 aromatic rings. The minimum absolute atomic E-state index is 0.0251. The van der Waals surface area contributed by atoms with Crippen LogP contribution in [0.3, 0.4) is 0 Å². The van der Waals surface area contributed by atoms with E-state index in [0.29, 0.717) is 13.1 Å². The molecule has 2 saturated carbocycles. The highest BCUT2D eigenvalue weighted by Crippen LogP contribution is 2.41. The minimum Gasteiger partial charge on any atom is -0.349 e. The molecule has 1 aromatic heterocycles. The van der Waals surface area contributed by atoms with Crippen LogP contribution in [-0.2, 0) is 10.0 Å². The monoisotopic (exact) mass is 390 g/mol. The molecule has 3 aliphatic rings. The molecule has 2 bridgehead atoms. The predicted molar refractivity (Wildman–Crippen MR) is 103 cm³/mol. The maximum Gasteiger partial charge on any atom is 0.252 e. The van der Waals surface area contributed by atoms with Crippen LogP contribution in [0.25, 0.3) is 10.1 Å². The third-order valence-electron chi connectivity index (χ3n) is 6.13. The van der Waals surface area contributed by atoms with Gasteiger partial charge in [-0.25, -0.2) is 12.7 Å². The second kappa shape index (κ2) is 6.04. The number of nitrogens with one attached hydrogen (secondary N) is 1. The summed E-state index contributed by atoms with van der Waals surface area (Å²) in [6.45, 7) is 1.12. The van der Waals surface area contributed by atoms with Gasteiger partial charge in [-0.15, -0.1) is 11.3 Å². The maximum absolute atomic E-state index is 12.9. The fourth-order valence-corrected chi connectivity index (χ4v) is 7.48. The van der Waals surface area contributed by atoms with Gasteiger partial charge in [0.1, 0.15) is 0 Å². The molecule has 1 saturated heterocycles. The lowest BCUT2D eigenvalue weighted by molar-refractivity contribution is 0.0889. The number of rotatable bonds is 4. The molecule has 26 heavy (non-hydrogen) atoms. The van der Waals surface area contributed by atoms with Gasteiger partial charge in [-0.3, -0.25) is 4.79 Å². The van der Waals surface area contributed by atoms with Crippen LogP contribution in [0.4, 0.5) is 0 Å². The Hall–Kier alpha value is -1.44. The molecule has 0 radical (unpaired) electrons. The number of benzene rings is 1. The van der Waals surface area contributed by atoms with Crippen LogP contribution in [-0.4, -0.2) is 43.0 Å². The number of hydrogen-bond donors (Lipinski definition) is 1. The van der Waals surface area contributed by atoms with Crippen molar-refractivity contribution in [1.82, 2.24) is 9.62 Å². The average molecular weight is 391 g/mol. The van der Waals surface area contributed by atoms with E-state index in [9.17, 15) is 13.2 Å². The summed E-state index contributed by atoms with van der Waals surface area (Å²) >= 11 is 1.59. The molecule has 3 atom stereocenters. The second-order valence-electron chi connectivity index (χ2n) is 7.80. The molecule has 138 valence electrons. The second-order valence-corrected chi connectivity index (χ2v) is 10.9. The van der Waals surface area contributed by atoms with Crippen molar-refractivity contribution >= 4 is 37.4 Å². The van der Waals surface area contributed by atoms with E-state index >= 15 is 0 Å². The van der Waals surface area contributed by atoms with Crippen molar-refractivity contribution in [1.29, 1.82) is 0 Å². The Morgan fingerprint density at radius 2 is 1.77 bits per heavy atom. The topological polar surface area (TPSA) is 66.5 Å². The first-order chi connectivity index (χ1) is 12.5. The van der Waals surface area contributed by atoms with Crippen LogP contribution in [0, 0.1) is 11.8 Å². The van der Waals surface area contributed by atoms with Crippen molar-refractivity contribution in [2.24, 2.45) is 11.8 Å². The van der Waals surface area contributed by atoms with E-state index in [4.69, 9.17) is 0 Å². The lowest BCUT2D eigenvalue weighted by Crippen LogP contribution is -2.54. The molecule has 1 N–H and O–H groups in total. The Labute approximate surface area is 157 Å². The molecule has 1 aromatic carbocycles. The van der Waals surface area contributed by atoms with E-state index < -0.39 is 10.0 Å². The predicted octanol–water partition coefficient (Wildman–Crippen LogP) is 2.83. The van der Waals surface area contributed by atoms with Crippen LogP contribution in [0.5, 0.6) is 0 Å². The summed E-state index contributed by atoms with van der Waals surface area (Å²) in [5.41, 5.74) is 0.734. The summed E-state index contributed by atoms with van der Waals surface area (Å²) in [5, 5.41) is 6.01. The van der Waals surface area contributed by atoms with Crippen LogP contribution in [0.2, 0.25) is 0 Å². The Morgan fingerprint density at radius 3 is 2.46 bits per heavy atom. The van der Waals surface area contributed by atoms with Gasteiger partial charge >= 0.3 is 0 Å². The Kier molecular flexibility index (Phi) is 3.88. The number of thiophene rings is 1. The van der Waals surface area contributed by atoms with Gasteiger partial charge in [-0.2, -0.15) is 0 Å². The third-order valence-corrected chi connectivity index (χ3v) is 9.42. The summed E-state index contributed by atoms with van der Waals surface area (Å²) < 4.78 is 28.0. The van der Waals surface area contributed by atoms with E-state index in [0.717, 1.165) is 41.3 Å². The van der Waals surface area contributed by atoms with E-state index in [1.54, 1.807) is 15.6 Å². The lowest BCUT2D eigenvalue weighted by Gasteiger charge is -2.37. The fraction of sp³-hybridized carbons (Fsp3) is 0.526. The zero-order valence-electron chi connectivity index (χ0n) is 14.4. The zero-order chi connectivity index (χ0) is 17.9. The number of carbonyl (C=O) groups is 1. The van der Waals surface area contributed by atoms with Gasteiger partial charge in [0.05, 0.1) is 10.8 Å². The highest BCUT2D eigenvalue weighted by atomic mass is 32.2. The SMILES string of the molecule is O=C(NC1[C@@H]2CC[C@H]1CN(S(=O)(=O)C1CC1)C2)c1csc2ccccc12. The van der Waals surface area contributed by atoms with Crippen LogP contribution >= 0.6 is 11.3 Å². The summed E-state index contributed by atoms with van der Waals surface area (Å²) in [7, 11) is -3.12. The summed E-state index contributed by atoms with van der Waals surface area (Å²) in [4.78, 5) is 12.9. The number of fused-ring (bicyclic) bond motifs is 3. The van der Waals surface area contributed by atoms with Gasteiger partial charge in [0.2, 0.25) is 10.0 Å². The van der Waals surface area contributed by atoms with Crippen LogP contribution in [0.1, 0.15) is 36.0 Å². The molecular weight excluding hydrogens is 368 g/mol. The highest BCUT2D eigenvalue weighted by molar-refractivity contribution is 7.90. The van der Waals surface area contributed by atoms with E-state index in [2.05, 4.69) is 5.32 Å². The lowest BCUT2D eigenvalue weighted by atomic mass is 9.93. The standard InChI is InChI=1S/C19H22N2O3S2/c22-19(16-11-25-17-4-2-1-3-15(16)17)20-18-12-5-6-13(18)10-21(9-12)26(23,24)14-7-8-14/h1-4,11-14,18H,5-10H2,(H,20,22)/t12-,13+,18?. The Balaban J connectivity index is 1.33. The van der Waals surface area contributed by atoms with E-state index in [1.165, 1.54) is 0 Å². The molecule has 2 heterocycles. The fourth-order valence-electron chi connectivity index (χ4n) is 4.58. The van der Waals surface area contributed by atoms with Crippen molar-refractivity contribution < 1.29 is 13.2 Å². The highest BCUT2D eigenvalue weighted by Gasteiger charge is 2.49. The average Bonchev–Trinajstić information content (AvgIpc) is 3.37. The zero-order valence-corrected chi connectivity index (χ0v) is 16.1. The normalized spacial score (nSPS) is 29.2. The summed E-state index contributed by atoms with van der Waals surface area (Å²) in [6.07, 6.45) is 3.60. The van der Waals surface area contributed by atoms with E-state index in [-0.39, 0.29) is 29.0 Å². The molecule has 1 aliphatic heterocycles. The Morgan fingerprint density at radius 1 is 1.08 bits per heavy atom. The quantitative estimate of drug-likeness (QED) is 0.873. The first kappa shape index (κ1) is 16.7. The van der Waals surface area contributed by atoms with Gasteiger partial charge in [0.15, 0.2) is 0 Å². The van der Waals surface area contributed by atoms with Crippen molar-refractivity contribution in [2.75, 3.05) is 13.1 Å². The number of nitrogens with zero attached hydrogens (tertiary/aromatic N) is 1. The van der Waals surface area contributed by atoms with Gasteiger partial charge in [0, 0.05) is 34.6 Å². The van der Waals surface area contributed by atoms with Gasteiger partial charge < -0.3 is 5.32 Å². The molecule has 3 fully saturated rings. The summed E-state index contributed by atoms with van der Waals surface area (Å²) in [5.74, 6) is 0.440. The molecule has 5 rings (SSSR count).